The smallest absolute Gasteiger partial charge is 0.230 e. The van der Waals surface area contributed by atoms with Gasteiger partial charge in [0.2, 0.25) is 11.8 Å². The monoisotopic (exact) mass is 344 g/mol. The third-order valence-electron chi connectivity index (χ3n) is 4.54. The maximum absolute atomic E-state index is 12.5. The Bertz CT molecular complexity index is 761. The Morgan fingerprint density at radius 2 is 1.52 bits per heavy atom. The molecule has 1 saturated heterocycles. The van der Waals surface area contributed by atoms with E-state index in [1.54, 1.807) is 0 Å². The van der Waals surface area contributed by atoms with Gasteiger partial charge in [-0.3, -0.25) is 9.59 Å². The van der Waals surface area contributed by atoms with Gasteiger partial charge in [0.05, 0.1) is 12.8 Å². The molecule has 0 N–H and O–H groups in total. The zero-order valence-electron chi connectivity index (χ0n) is 14.9. The molecule has 0 aliphatic carbocycles. The normalized spacial score (nSPS) is 17.8. The Labute approximate surface area is 147 Å². The highest BCUT2D eigenvalue weighted by Crippen LogP contribution is 2.16. The van der Waals surface area contributed by atoms with E-state index in [1.165, 1.54) is 0 Å². The second-order valence-electron chi connectivity index (χ2n) is 6.65. The standard InChI is InChI=1S/C19H24N2O4/c1-13-12-20(18(22)10-16-6-4-14(2)24-16)8-9-21(13)19(23)11-17-7-5-15(3)25-17/h4-7,13H,8-12H2,1-3H3. The van der Waals surface area contributed by atoms with Crippen molar-refractivity contribution in [2.75, 3.05) is 19.6 Å². The predicted octanol–water partition coefficient (Wildman–Crippen LogP) is 2.33. The van der Waals surface area contributed by atoms with Crippen LogP contribution in [0.2, 0.25) is 0 Å². The van der Waals surface area contributed by atoms with Gasteiger partial charge in [0.25, 0.3) is 0 Å². The van der Waals surface area contributed by atoms with E-state index >= 15 is 0 Å². The van der Waals surface area contributed by atoms with E-state index in [-0.39, 0.29) is 30.7 Å². The van der Waals surface area contributed by atoms with E-state index in [4.69, 9.17) is 8.83 Å². The molecule has 25 heavy (non-hydrogen) atoms. The molecule has 6 nitrogen and oxygen atoms in total. The van der Waals surface area contributed by atoms with Gasteiger partial charge in [-0.05, 0) is 45.0 Å². The zero-order chi connectivity index (χ0) is 18.0. The molecular weight excluding hydrogens is 320 g/mol. The lowest BCUT2D eigenvalue weighted by Gasteiger charge is -2.39. The molecule has 6 heteroatoms. The molecule has 0 aromatic carbocycles. The first-order chi connectivity index (χ1) is 11.9. The third-order valence-corrected chi connectivity index (χ3v) is 4.54. The van der Waals surface area contributed by atoms with Crippen molar-refractivity contribution in [2.24, 2.45) is 0 Å². The van der Waals surface area contributed by atoms with Crippen LogP contribution < -0.4 is 0 Å². The molecule has 1 fully saturated rings. The van der Waals surface area contributed by atoms with Gasteiger partial charge in [-0.25, -0.2) is 0 Å². The van der Waals surface area contributed by atoms with Crippen LogP contribution in [0.3, 0.4) is 0 Å². The highest BCUT2D eigenvalue weighted by molar-refractivity contribution is 5.80. The summed E-state index contributed by atoms with van der Waals surface area (Å²) in [7, 11) is 0. The number of piperazine rings is 1. The van der Waals surface area contributed by atoms with Gasteiger partial charge in [-0.1, -0.05) is 0 Å². The Kier molecular flexibility index (Phi) is 4.97. The maximum atomic E-state index is 12.5. The summed E-state index contributed by atoms with van der Waals surface area (Å²) in [5.74, 6) is 3.05. The van der Waals surface area contributed by atoms with Gasteiger partial charge in [0.15, 0.2) is 0 Å². The molecule has 3 heterocycles. The Hall–Kier alpha value is -2.50. The molecular formula is C19H24N2O4. The summed E-state index contributed by atoms with van der Waals surface area (Å²) in [6.45, 7) is 7.33. The van der Waals surface area contributed by atoms with E-state index in [9.17, 15) is 9.59 Å². The number of carbonyl (C=O) groups is 2. The molecule has 1 unspecified atom stereocenters. The SMILES string of the molecule is Cc1ccc(CC(=O)N2CCN(C(=O)Cc3ccc(C)o3)C(C)C2)o1. The minimum Gasteiger partial charge on any atom is -0.466 e. The van der Waals surface area contributed by atoms with Crippen LogP contribution in [0.5, 0.6) is 0 Å². The van der Waals surface area contributed by atoms with E-state index in [0.29, 0.717) is 31.2 Å². The van der Waals surface area contributed by atoms with Crippen molar-refractivity contribution in [1.82, 2.24) is 9.80 Å². The van der Waals surface area contributed by atoms with E-state index in [1.807, 2.05) is 54.8 Å². The van der Waals surface area contributed by atoms with Gasteiger partial charge in [-0.15, -0.1) is 0 Å². The van der Waals surface area contributed by atoms with Crippen LogP contribution >= 0.6 is 0 Å². The second-order valence-corrected chi connectivity index (χ2v) is 6.65. The number of hydrogen-bond donors (Lipinski definition) is 0. The summed E-state index contributed by atoms with van der Waals surface area (Å²) in [5, 5.41) is 0. The van der Waals surface area contributed by atoms with Crippen molar-refractivity contribution in [1.29, 1.82) is 0 Å². The molecule has 1 aliphatic heterocycles. The number of furan rings is 2. The maximum Gasteiger partial charge on any atom is 0.230 e. The number of nitrogens with zero attached hydrogens (tertiary/aromatic N) is 2. The van der Waals surface area contributed by atoms with Crippen LogP contribution in [0.4, 0.5) is 0 Å². The van der Waals surface area contributed by atoms with Crippen LogP contribution in [0.15, 0.2) is 33.1 Å². The number of hydrogen-bond acceptors (Lipinski definition) is 4. The lowest BCUT2D eigenvalue weighted by Crippen LogP contribution is -2.56. The summed E-state index contributed by atoms with van der Waals surface area (Å²) in [6, 6.07) is 7.38. The Morgan fingerprint density at radius 3 is 2.00 bits per heavy atom. The van der Waals surface area contributed by atoms with Gasteiger partial charge in [-0.2, -0.15) is 0 Å². The predicted molar refractivity (Wildman–Crippen MR) is 92.1 cm³/mol. The largest absolute Gasteiger partial charge is 0.466 e. The fraction of sp³-hybridized carbons (Fsp3) is 0.474. The van der Waals surface area contributed by atoms with Gasteiger partial charge < -0.3 is 18.6 Å². The topological polar surface area (TPSA) is 66.9 Å². The lowest BCUT2D eigenvalue weighted by atomic mass is 10.1. The number of aryl methyl sites for hydroxylation is 2. The quantitative estimate of drug-likeness (QED) is 0.854. The number of rotatable bonds is 4. The fourth-order valence-corrected chi connectivity index (χ4v) is 3.23. The van der Waals surface area contributed by atoms with E-state index in [0.717, 1.165) is 11.5 Å². The molecule has 0 spiro atoms. The zero-order valence-corrected chi connectivity index (χ0v) is 14.9. The minimum atomic E-state index is -0.0143. The van der Waals surface area contributed by atoms with Gasteiger partial charge in [0.1, 0.15) is 23.0 Å². The molecule has 2 amide bonds. The lowest BCUT2D eigenvalue weighted by molar-refractivity contribution is -0.142. The van der Waals surface area contributed by atoms with E-state index in [2.05, 4.69) is 0 Å². The van der Waals surface area contributed by atoms with E-state index < -0.39 is 0 Å². The second kappa shape index (κ2) is 7.17. The molecule has 0 bridgehead atoms. The minimum absolute atomic E-state index is 0.0143. The number of amides is 2. The van der Waals surface area contributed by atoms with Crippen molar-refractivity contribution >= 4 is 11.8 Å². The summed E-state index contributed by atoms with van der Waals surface area (Å²) in [6.07, 6.45) is 0.526. The molecule has 0 radical (unpaired) electrons. The first-order valence-corrected chi connectivity index (χ1v) is 8.60. The van der Waals surface area contributed by atoms with Crippen LogP contribution in [0.25, 0.3) is 0 Å². The Balaban J connectivity index is 1.54. The fourth-order valence-electron chi connectivity index (χ4n) is 3.23. The van der Waals surface area contributed by atoms with Crippen LogP contribution in [-0.2, 0) is 22.4 Å². The average Bonchev–Trinajstić information content (AvgIpc) is 3.15. The van der Waals surface area contributed by atoms with Crippen molar-refractivity contribution in [3.8, 4) is 0 Å². The third kappa shape index (κ3) is 4.13. The van der Waals surface area contributed by atoms with Gasteiger partial charge >= 0.3 is 0 Å². The molecule has 3 rings (SSSR count). The van der Waals surface area contributed by atoms with Crippen molar-refractivity contribution in [2.45, 2.75) is 39.7 Å². The molecule has 1 aliphatic rings. The summed E-state index contributed by atoms with van der Waals surface area (Å²) >= 11 is 0. The first-order valence-electron chi connectivity index (χ1n) is 8.60. The van der Waals surface area contributed by atoms with Gasteiger partial charge in [0, 0.05) is 25.7 Å². The molecule has 134 valence electrons. The van der Waals surface area contributed by atoms with Crippen molar-refractivity contribution < 1.29 is 18.4 Å². The summed E-state index contributed by atoms with van der Waals surface area (Å²) in [4.78, 5) is 28.6. The summed E-state index contributed by atoms with van der Waals surface area (Å²) < 4.78 is 11.0. The highest BCUT2D eigenvalue weighted by atomic mass is 16.3. The highest BCUT2D eigenvalue weighted by Gasteiger charge is 2.30. The van der Waals surface area contributed by atoms with Crippen molar-refractivity contribution in [3.63, 3.8) is 0 Å². The van der Waals surface area contributed by atoms with Crippen LogP contribution in [-0.4, -0.2) is 47.3 Å². The van der Waals surface area contributed by atoms with Crippen molar-refractivity contribution in [3.05, 3.63) is 47.3 Å². The molecule has 1 atom stereocenters. The molecule has 2 aromatic heterocycles. The van der Waals surface area contributed by atoms with Crippen LogP contribution in [0, 0.1) is 13.8 Å². The first kappa shape index (κ1) is 17.3. The average molecular weight is 344 g/mol. The Morgan fingerprint density at radius 1 is 0.960 bits per heavy atom. The number of carbonyl (C=O) groups excluding carboxylic acids is 2. The molecule has 2 aromatic rings. The summed E-state index contributed by atoms with van der Waals surface area (Å²) in [5.41, 5.74) is 0. The van der Waals surface area contributed by atoms with Crippen LogP contribution in [0.1, 0.15) is 30.0 Å². The molecule has 0 saturated carbocycles.